The zero-order valence-corrected chi connectivity index (χ0v) is 9.43. The third-order valence-corrected chi connectivity index (χ3v) is 3.32. The highest BCUT2D eigenvalue weighted by molar-refractivity contribution is 6.31. The molecule has 0 aliphatic carbocycles. The summed E-state index contributed by atoms with van der Waals surface area (Å²) in [5.41, 5.74) is 0.131. The second-order valence-corrected chi connectivity index (χ2v) is 4.46. The SMILES string of the molecule is N#CC1(Cc2cccc(F)c2Cl)CCOC1. The molecule has 1 saturated heterocycles. The standard InChI is InChI=1S/C12H11ClFNO/c13-11-9(2-1-3-10(11)14)6-12(7-15)4-5-16-8-12/h1-3H,4-6,8H2. The smallest absolute Gasteiger partial charge is 0.142 e. The monoisotopic (exact) mass is 239 g/mol. The number of hydrogen-bond acceptors (Lipinski definition) is 2. The highest BCUT2D eigenvalue weighted by Gasteiger charge is 2.35. The van der Waals surface area contributed by atoms with Crippen LogP contribution in [0.1, 0.15) is 12.0 Å². The molecule has 0 radical (unpaired) electrons. The zero-order chi connectivity index (χ0) is 11.6. The molecule has 2 rings (SSSR count). The van der Waals surface area contributed by atoms with Crippen molar-refractivity contribution in [3.63, 3.8) is 0 Å². The second kappa shape index (κ2) is 4.40. The quantitative estimate of drug-likeness (QED) is 0.795. The van der Waals surface area contributed by atoms with Crippen LogP contribution in [0.15, 0.2) is 18.2 Å². The molecule has 1 aliphatic rings. The maximum absolute atomic E-state index is 13.2. The molecule has 1 heterocycles. The van der Waals surface area contributed by atoms with Gasteiger partial charge in [-0.1, -0.05) is 23.7 Å². The van der Waals surface area contributed by atoms with Gasteiger partial charge in [-0.15, -0.1) is 0 Å². The maximum Gasteiger partial charge on any atom is 0.142 e. The van der Waals surface area contributed by atoms with E-state index in [1.807, 2.05) is 0 Å². The molecular weight excluding hydrogens is 229 g/mol. The Bertz CT molecular complexity index is 435. The fourth-order valence-electron chi connectivity index (χ4n) is 1.92. The molecule has 1 aromatic rings. The molecule has 2 nitrogen and oxygen atoms in total. The minimum atomic E-state index is -0.544. The van der Waals surface area contributed by atoms with E-state index >= 15 is 0 Å². The van der Waals surface area contributed by atoms with Crippen molar-refractivity contribution in [2.75, 3.05) is 13.2 Å². The predicted molar refractivity (Wildman–Crippen MR) is 58.6 cm³/mol. The van der Waals surface area contributed by atoms with Gasteiger partial charge in [0, 0.05) is 6.61 Å². The molecule has 0 amide bonds. The molecular formula is C12H11ClFNO. The third kappa shape index (κ3) is 2.04. The summed E-state index contributed by atoms with van der Waals surface area (Å²) >= 11 is 5.87. The number of ether oxygens (including phenoxy) is 1. The second-order valence-electron chi connectivity index (χ2n) is 4.08. The number of benzene rings is 1. The normalized spacial score (nSPS) is 24.3. The van der Waals surface area contributed by atoms with Crippen LogP contribution in [0.2, 0.25) is 5.02 Å². The molecule has 0 N–H and O–H groups in total. The van der Waals surface area contributed by atoms with E-state index in [4.69, 9.17) is 16.3 Å². The maximum atomic E-state index is 13.2. The Morgan fingerprint density at radius 1 is 1.56 bits per heavy atom. The minimum Gasteiger partial charge on any atom is -0.380 e. The summed E-state index contributed by atoms with van der Waals surface area (Å²) in [6.45, 7) is 0.983. The molecule has 0 spiro atoms. The van der Waals surface area contributed by atoms with Crippen LogP contribution in [0.25, 0.3) is 0 Å². The number of nitrogens with zero attached hydrogens (tertiary/aromatic N) is 1. The van der Waals surface area contributed by atoms with E-state index in [0.717, 1.165) is 0 Å². The van der Waals surface area contributed by atoms with Crippen LogP contribution in [0.3, 0.4) is 0 Å². The van der Waals surface area contributed by atoms with E-state index in [0.29, 0.717) is 31.6 Å². The van der Waals surface area contributed by atoms with Gasteiger partial charge in [0.2, 0.25) is 0 Å². The number of hydrogen-bond donors (Lipinski definition) is 0. The van der Waals surface area contributed by atoms with Gasteiger partial charge in [-0.25, -0.2) is 4.39 Å². The van der Waals surface area contributed by atoms with E-state index in [2.05, 4.69) is 6.07 Å². The molecule has 1 unspecified atom stereocenters. The Hall–Kier alpha value is -1.11. The first kappa shape index (κ1) is 11.4. The van der Waals surface area contributed by atoms with Gasteiger partial charge in [0.05, 0.1) is 23.1 Å². The largest absolute Gasteiger partial charge is 0.380 e. The summed E-state index contributed by atoms with van der Waals surface area (Å²) in [4.78, 5) is 0. The molecule has 1 atom stereocenters. The fourth-order valence-corrected chi connectivity index (χ4v) is 2.12. The number of rotatable bonds is 2. The summed E-state index contributed by atoms with van der Waals surface area (Å²) in [5, 5.41) is 9.29. The molecule has 16 heavy (non-hydrogen) atoms. The number of halogens is 2. The molecule has 1 aliphatic heterocycles. The lowest BCUT2D eigenvalue weighted by atomic mass is 9.82. The van der Waals surface area contributed by atoms with Gasteiger partial charge in [-0.2, -0.15) is 5.26 Å². The van der Waals surface area contributed by atoms with Crippen LogP contribution >= 0.6 is 11.6 Å². The van der Waals surface area contributed by atoms with Crippen LogP contribution in [-0.2, 0) is 11.2 Å². The third-order valence-electron chi connectivity index (χ3n) is 2.90. The fraction of sp³-hybridized carbons (Fsp3) is 0.417. The average Bonchev–Trinajstić information content (AvgIpc) is 2.74. The van der Waals surface area contributed by atoms with Gasteiger partial charge in [0.15, 0.2) is 0 Å². The van der Waals surface area contributed by atoms with E-state index in [1.54, 1.807) is 12.1 Å². The molecule has 0 saturated carbocycles. The van der Waals surface area contributed by atoms with Crippen molar-refractivity contribution in [1.82, 2.24) is 0 Å². The van der Waals surface area contributed by atoms with Crippen molar-refractivity contribution >= 4 is 11.6 Å². The molecule has 0 aromatic heterocycles. The van der Waals surface area contributed by atoms with Crippen LogP contribution in [0.4, 0.5) is 4.39 Å². The lowest BCUT2D eigenvalue weighted by Crippen LogP contribution is -2.22. The van der Waals surface area contributed by atoms with Crippen molar-refractivity contribution in [3.8, 4) is 6.07 Å². The van der Waals surface area contributed by atoms with Gasteiger partial charge in [-0.3, -0.25) is 0 Å². The van der Waals surface area contributed by atoms with Gasteiger partial charge in [0.25, 0.3) is 0 Å². The minimum absolute atomic E-state index is 0.115. The van der Waals surface area contributed by atoms with Gasteiger partial charge in [-0.05, 0) is 24.5 Å². The van der Waals surface area contributed by atoms with E-state index in [-0.39, 0.29) is 5.02 Å². The van der Waals surface area contributed by atoms with Gasteiger partial charge >= 0.3 is 0 Å². The summed E-state index contributed by atoms with van der Waals surface area (Å²) in [5.74, 6) is -0.439. The lowest BCUT2D eigenvalue weighted by Gasteiger charge is -2.18. The number of nitriles is 1. The molecule has 84 valence electrons. The highest BCUT2D eigenvalue weighted by Crippen LogP contribution is 2.34. The van der Waals surface area contributed by atoms with Crippen molar-refractivity contribution in [2.45, 2.75) is 12.8 Å². The summed E-state index contributed by atoms with van der Waals surface area (Å²) in [6, 6.07) is 6.94. The molecule has 4 heteroatoms. The lowest BCUT2D eigenvalue weighted by molar-refractivity contribution is 0.171. The first-order chi connectivity index (χ1) is 7.67. The van der Waals surface area contributed by atoms with E-state index in [9.17, 15) is 9.65 Å². The summed E-state index contributed by atoms with van der Waals surface area (Å²) in [7, 11) is 0. The van der Waals surface area contributed by atoms with E-state index < -0.39 is 11.2 Å². The molecule has 1 aromatic carbocycles. The van der Waals surface area contributed by atoms with Gasteiger partial charge < -0.3 is 4.74 Å². The summed E-state index contributed by atoms with van der Waals surface area (Å²) < 4.78 is 18.5. The first-order valence-electron chi connectivity index (χ1n) is 5.09. The van der Waals surface area contributed by atoms with Crippen LogP contribution < -0.4 is 0 Å². The average molecular weight is 240 g/mol. The summed E-state index contributed by atoms with van der Waals surface area (Å²) in [6.07, 6.45) is 1.12. The van der Waals surface area contributed by atoms with Crippen LogP contribution in [0.5, 0.6) is 0 Å². The Morgan fingerprint density at radius 2 is 2.38 bits per heavy atom. The Labute approximate surface area is 98.6 Å². The topological polar surface area (TPSA) is 33.0 Å². The Morgan fingerprint density at radius 3 is 3.00 bits per heavy atom. The van der Waals surface area contributed by atoms with E-state index in [1.165, 1.54) is 6.07 Å². The van der Waals surface area contributed by atoms with Crippen LogP contribution in [0, 0.1) is 22.6 Å². The first-order valence-corrected chi connectivity index (χ1v) is 5.47. The highest BCUT2D eigenvalue weighted by atomic mass is 35.5. The van der Waals surface area contributed by atoms with Crippen molar-refractivity contribution in [2.24, 2.45) is 5.41 Å². The van der Waals surface area contributed by atoms with Crippen molar-refractivity contribution < 1.29 is 9.13 Å². The Kier molecular flexibility index (Phi) is 3.13. The zero-order valence-electron chi connectivity index (χ0n) is 8.67. The van der Waals surface area contributed by atoms with Gasteiger partial charge in [0.1, 0.15) is 5.82 Å². The molecule has 1 fully saturated rings. The van der Waals surface area contributed by atoms with Crippen molar-refractivity contribution in [3.05, 3.63) is 34.6 Å². The molecule has 0 bridgehead atoms. The predicted octanol–water partition coefficient (Wildman–Crippen LogP) is 2.95. The van der Waals surface area contributed by atoms with Crippen LogP contribution in [-0.4, -0.2) is 13.2 Å². The Balaban J connectivity index is 2.27. The van der Waals surface area contributed by atoms with Crippen molar-refractivity contribution in [1.29, 1.82) is 5.26 Å².